The minimum Gasteiger partial charge on any atom is -0.378 e. The topological polar surface area (TPSA) is 73.9 Å². The van der Waals surface area contributed by atoms with E-state index in [2.05, 4.69) is 19.2 Å². The summed E-state index contributed by atoms with van der Waals surface area (Å²) in [6.45, 7) is 16.0. The minimum absolute atomic E-state index is 0.0527. The van der Waals surface area contributed by atoms with Gasteiger partial charge in [-0.1, -0.05) is 13.8 Å². The Morgan fingerprint density at radius 2 is 1.52 bits per heavy atom. The Labute approximate surface area is 165 Å². The molecule has 0 saturated carbocycles. The van der Waals surface area contributed by atoms with Gasteiger partial charge in [0.25, 0.3) is 0 Å². The lowest BCUT2D eigenvalue weighted by atomic mass is 9.96. The van der Waals surface area contributed by atoms with Crippen molar-refractivity contribution in [2.75, 3.05) is 33.0 Å². The van der Waals surface area contributed by atoms with Crippen molar-refractivity contribution in [3.63, 3.8) is 0 Å². The van der Waals surface area contributed by atoms with Gasteiger partial charge in [0, 0.05) is 25.8 Å². The third-order valence-electron chi connectivity index (χ3n) is 4.55. The normalized spacial score (nSPS) is 12.4. The largest absolute Gasteiger partial charge is 0.378 e. The molecule has 0 saturated heterocycles. The zero-order valence-electron chi connectivity index (χ0n) is 18.5. The molecule has 0 aliphatic rings. The second-order valence-corrected chi connectivity index (χ2v) is 8.23. The van der Waals surface area contributed by atoms with Crippen LogP contribution in [0.4, 0.5) is 0 Å². The molecule has 0 spiro atoms. The van der Waals surface area contributed by atoms with Gasteiger partial charge in [0.1, 0.15) is 5.78 Å². The Morgan fingerprint density at radius 3 is 2.07 bits per heavy atom. The zero-order chi connectivity index (χ0) is 20.9. The number of amides is 1. The molecule has 0 bridgehead atoms. The number of carbonyl (C=O) groups is 2. The van der Waals surface area contributed by atoms with Gasteiger partial charge < -0.3 is 19.5 Å². The summed E-state index contributed by atoms with van der Waals surface area (Å²) in [6.07, 6.45) is 3.00. The smallest absolute Gasteiger partial charge is 0.216 e. The highest BCUT2D eigenvalue weighted by Gasteiger charge is 2.23. The van der Waals surface area contributed by atoms with Crippen LogP contribution in [0, 0.1) is 5.92 Å². The molecular formula is C21H41NO5. The first kappa shape index (κ1) is 26.0. The molecular weight excluding hydrogens is 346 g/mol. The van der Waals surface area contributed by atoms with Gasteiger partial charge >= 0.3 is 0 Å². The van der Waals surface area contributed by atoms with Gasteiger partial charge in [0.05, 0.1) is 37.6 Å². The Hall–Kier alpha value is -0.980. The lowest BCUT2D eigenvalue weighted by Gasteiger charge is -2.29. The summed E-state index contributed by atoms with van der Waals surface area (Å²) in [7, 11) is 0. The summed E-state index contributed by atoms with van der Waals surface area (Å²) in [4.78, 5) is 22.9. The van der Waals surface area contributed by atoms with Gasteiger partial charge in [-0.15, -0.1) is 0 Å². The van der Waals surface area contributed by atoms with Crippen LogP contribution in [0.5, 0.6) is 0 Å². The monoisotopic (exact) mass is 387 g/mol. The molecule has 0 aromatic rings. The van der Waals surface area contributed by atoms with E-state index in [4.69, 9.17) is 14.2 Å². The minimum atomic E-state index is -0.412. The van der Waals surface area contributed by atoms with Crippen molar-refractivity contribution >= 4 is 11.7 Å². The SMILES string of the molecule is CCC(CC)C(=O)CCOCC(C)(C)OCCC(C)(C)OCCNC(C)=O. The van der Waals surface area contributed by atoms with Crippen molar-refractivity contribution in [1.82, 2.24) is 5.32 Å². The average molecular weight is 388 g/mol. The molecule has 0 rings (SSSR count). The Morgan fingerprint density at radius 1 is 0.926 bits per heavy atom. The second-order valence-electron chi connectivity index (χ2n) is 8.23. The van der Waals surface area contributed by atoms with Crippen molar-refractivity contribution in [1.29, 1.82) is 0 Å². The van der Waals surface area contributed by atoms with Gasteiger partial charge in [-0.2, -0.15) is 0 Å². The van der Waals surface area contributed by atoms with Gasteiger partial charge in [0.2, 0.25) is 5.91 Å². The summed E-state index contributed by atoms with van der Waals surface area (Å²) < 4.78 is 17.4. The molecule has 6 heteroatoms. The number of hydrogen-bond donors (Lipinski definition) is 1. The van der Waals surface area contributed by atoms with Crippen molar-refractivity contribution in [3.8, 4) is 0 Å². The van der Waals surface area contributed by atoms with Gasteiger partial charge in [-0.3, -0.25) is 9.59 Å². The molecule has 0 atom stereocenters. The maximum Gasteiger partial charge on any atom is 0.216 e. The van der Waals surface area contributed by atoms with Crippen LogP contribution < -0.4 is 5.32 Å². The van der Waals surface area contributed by atoms with E-state index >= 15 is 0 Å². The molecule has 6 nitrogen and oxygen atoms in total. The summed E-state index contributed by atoms with van der Waals surface area (Å²) in [5.41, 5.74) is -0.735. The highest BCUT2D eigenvalue weighted by Crippen LogP contribution is 2.18. The molecule has 0 heterocycles. The molecule has 0 unspecified atom stereocenters. The zero-order valence-corrected chi connectivity index (χ0v) is 18.5. The summed E-state index contributed by atoms with van der Waals surface area (Å²) >= 11 is 0. The summed E-state index contributed by atoms with van der Waals surface area (Å²) in [5, 5.41) is 2.71. The number of carbonyl (C=O) groups excluding carboxylic acids is 2. The van der Waals surface area contributed by atoms with E-state index in [1.165, 1.54) is 6.92 Å². The fourth-order valence-electron chi connectivity index (χ4n) is 2.68. The predicted octanol–water partition coefficient (Wildman–Crippen LogP) is 3.52. The first-order valence-corrected chi connectivity index (χ1v) is 10.2. The quantitative estimate of drug-likeness (QED) is 0.410. The van der Waals surface area contributed by atoms with Crippen LogP contribution in [0.25, 0.3) is 0 Å². The van der Waals surface area contributed by atoms with Crippen LogP contribution in [-0.2, 0) is 23.8 Å². The lowest BCUT2D eigenvalue weighted by molar-refractivity contribution is -0.126. The third kappa shape index (κ3) is 13.8. The number of ketones is 1. The molecule has 0 fully saturated rings. The van der Waals surface area contributed by atoms with Gasteiger partial charge in [-0.25, -0.2) is 0 Å². The van der Waals surface area contributed by atoms with Crippen molar-refractivity contribution in [3.05, 3.63) is 0 Å². The molecule has 0 aromatic heterocycles. The molecule has 27 heavy (non-hydrogen) atoms. The van der Waals surface area contributed by atoms with E-state index in [1.54, 1.807) is 0 Å². The van der Waals surface area contributed by atoms with Crippen molar-refractivity contribution in [2.45, 2.75) is 85.4 Å². The number of Topliss-reactive ketones (excluding diaryl/α,β-unsaturated/α-hetero) is 1. The maximum atomic E-state index is 12.0. The number of hydrogen-bond acceptors (Lipinski definition) is 5. The Balaban J connectivity index is 3.98. The fourth-order valence-corrected chi connectivity index (χ4v) is 2.68. The lowest BCUT2D eigenvalue weighted by Crippen LogP contribution is -2.35. The maximum absolute atomic E-state index is 12.0. The predicted molar refractivity (Wildman–Crippen MR) is 108 cm³/mol. The van der Waals surface area contributed by atoms with E-state index < -0.39 is 5.60 Å². The van der Waals surface area contributed by atoms with Crippen molar-refractivity contribution in [2.24, 2.45) is 5.92 Å². The highest BCUT2D eigenvalue weighted by molar-refractivity contribution is 5.80. The first-order chi connectivity index (χ1) is 12.5. The molecule has 0 aliphatic heterocycles. The van der Waals surface area contributed by atoms with E-state index in [0.717, 1.165) is 19.3 Å². The molecule has 1 amide bonds. The number of rotatable bonds is 16. The Kier molecular flexibility index (Phi) is 12.8. The van der Waals surface area contributed by atoms with Crippen molar-refractivity contribution < 1.29 is 23.8 Å². The van der Waals surface area contributed by atoms with E-state index in [0.29, 0.717) is 39.4 Å². The second kappa shape index (κ2) is 13.2. The number of ether oxygens (including phenoxy) is 3. The third-order valence-corrected chi connectivity index (χ3v) is 4.55. The van der Waals surface area contributed by atoms with Gasteiger partial charge in [0.15, 0.2) is 0 Å². The molecule has 1 N–H and O–H groups in total. The Bertz CT molecular complexity index is 430. The molecule has 160 valence electrons. The van der Waals surface area contributed by atoms with E-state index in [-0.39, 0.29) is 23.2 Å². The molecule has 0 aliphatic carbocycles. The highest BCUT2D eigenvalue weighted by atomic mass is 16.5. The molecule has 0 aromatic carbocycles. The van der Waals surface area contributed by atoms with Crippen LogP contribution in [0.15, 0.2) is 0 Å². The van der Waals surface area contributed by atoms with Crippen LogP contribution in [0.3, 0.4) is 0 Å². The van der Waals surface area contributed by atoms with Crippen LogP contribution in [-0.4, -0.2) is 55.9 Å². The molecule has 0 radical (unpaired) electrons. The van der Waals surface area contributed by atoms with Crippen LogP contribution >= 0.6 is 0 Å². The van der Waals surface area contributed by atoms with E-state index in [9.17, 15) is 9.59 Å². The summed E-state index contributed by atoms with van der Waals surface area (Å²) in [5.74, 6) is 0.394. The average Bonchev–Trinajstić information content (AvgIpc) is 2.56. The van der Waals surface area contributed by atoms with Gasteiger partial charge in [-0.05, 0) is 47.0 Å². The standard InChI is InChI=1S/C21H41NO5/c1-8-18(9-2)19(24)10-13-25-16-21(6,7)26-14-11-20(4,5)27-15-12-22-17(3)23/h18H,8-16H2,1-7H3,(H,22,23). The number of nitrogens with one attached hydrogen (secondary N) is 1. The fraction of sp³-hybridized carbons (Fsp3) is 0.905. The van der Waals surface area contributed by atoms with Crippen LogP contribution in [0.1, 0.15) is 74.1 Å². The summed E-state index contributed by atoms with van der Waals surface area (Å²) in [6, 6.07) is 0. The van der Waals surface area contributed by atoms with E-state index in [1.807, 2.05) is 27.7 Å². The first-order valence-electron chi connectivity index (χ1n) is 10.2. The van der Waals surface area contributed by atoms with Crippen LogP contribution in [0.2, 0.25) is 0 Å².